The van der Waals surface area contributed by atoms with Crippen LogP contribution in [0.1, 0.15) is 24.8 Å². The number of hydrogen-bond acceptors (Lipinski definition) is 4. The third-order valence-electron chi connectivity index (χ3n) is 3.38. The number of rotatable bonds is 3. The Balaban J connectivity index is 1.86. The van der Waals surface area contributed by atoms with E-state index in [9.17, 15) is 4.79 Å². The van der Waals surface area contributed by atoms with Gasteiger partial charge in [0.25, 0.3) is 0 Å². The topological polar surface area (TPSA) is 38.8 Å². The molecular formula is C15H19NO3S. The quantitative estimate of drug-likeness (QED) is 0.859. The van der Waals surface area contributed by atoms with Crippen molar-refractivity contribution >= 4 is 17.7 Å². The summed E-state index contributed by atoms with van der Waals surface area (Å²) in [5, 5.41) is 0.0979. The van der Waals surface area contributed by atoms with Gasteiger partial charge >= 0.3 is 0 Å². The maximum Gasteiger partial charge on any atom is 0.233 e. The maximum absolute atomic E-state index is 12.0. The van der Waals surface area contributed by atoms with Gasteiger partial charge in [-0.05, 0) is 23.6 Å². The van der Waals surface area contributed by atoms with Crippen molar-refractivity contribution in [2.24, 2.45) is 5.92 Å². The molecule has 0 saturated carbocycles. The first-order valence-corrected chi connectivity index (χ1v) is 8.00. The lowest BCUT2D eigenvalue weighted by Crippen LogP contribution is -2.31. The largest absolute Gasteiger partial charge is 0.486 e. The minimum Gasteiger partial charge on any atom is -0.486 e. The molecule has 1 unspecified atom stereocenters. The van der Waals surface area contributed by atoms with Crippen molar-refractivity contribution in [3.05, 3.63) is 23.8 Å². The average molecular weight is 293 g/mol. The number of nitrogens with zero attached hydrogens (tertiary/aromatic N) is 1. The zero-order chi connectivity index (χ0) is 14.1. The molecule has 5 heteroatoms. The summed E-state index contributed by atoms with van der Waals surface area (Å²) in [7, 11) is 0. The van der Waals surface area contributed by atoms with Gasteiger partial charge in [-0.25, -0.2) is 0 Å². The smallest absolute Gasteiger partial charge is 0.233 e. The number of benzene rings is 1. The zero-order valence-corrected chi connectivity index (χ0v) is 12.6. The Morgan fingerprint density at radius 1 is 1.30 bits per heavy atom. The molecule has 4 nitrogen and oxygen atoms in total. The van der Waals surface area contributed by atoms with Gasteiger partial charge in [0.05, 0.1) is 5.75 Å². The molecule has 1 aromatic carbocycles. The monoisotopic (exact) mass is 293 g/mol. The van der Waals surface area contributed by atoms with Gasteiger partial charge in [-0.2, -0.15) is 0 Å². The Bertz CT molecular complexity index is 518. The Morgan fingerprint density at radius 2 is 2.05 bits per heavy atom. The lowest BCUT2D eigenvalue weighted by Gasteiger charge is -2.27. The van der Waals surface area contributed by atoms with Gasteiger partial charge in [-0.15, -0.1) is 11.8 Å². The maximum atomic E-state index is 12.0. The van der Waals surface area contributed by atoms with Gasteiger partial charge in [0, 0.05) is 6.54 Å². The molecule has 2 aliphatic rings. The van der Waals surface area contributed by atoms with E-state index < -0.39 is 0 Å². The Hall–Kier alpha value is -1.36. The number of ether oxygens (including phenoxy) is 2. The molecule has 0 radical (unpaired) electrons. The van der Waals surface area contributed by atoms with Gasteiger partial charge in [0.1, 0.15) is 18.6 Å². The fourth-order valence-corrected chi connectivity index (χ4v) is 3.72. The number of amides is 1. The van der Waals surface area contributed by atoms with Crippen molar-refractivity contribution in [1.82, 2.24) is 4.90 Å². The fraction of sp³-hybridized carbons (Fsp3) is 0.533. The highest BCUT2D eigenvalue weighted by Crippen LogP contribution is 2.42. The molecule has 2 heterocycles. The summed E-state index contributed by atoms with van der Waals surface area (Å²) in [6.45, 7) is 6.25. The lowest BCUT2D eigenvalue weighted by atomic mass is 10.1. The van der Waals surface area contributed by atoms with Crippen LogP contribution in [-0.4, -0.2) is 36.3 Å². The molecule has 108 valence electrons. The molecule has 1 amide bonds. The van der Waals surface area contributed by atoms with E-state index in [-0.39, 0.29) is 11.3 Å². The number of carbonyl (C=O) groups excluding carboxylic acids is 1. The molecular weight excluding hydrogens is 274 g/mol. The van der Waals surface area contributed by atoms with Gasteiger partial charge in [-0.3, -0.25) is 4.79 Å². The Kier molecular flexibility index (Phi) is 3.78. The zero-order valence-electron chi connectivity index (χ0n) is 11.8. The number of fused-ring (bicyclic) bond motifs is 1. The first-order valence-electron chi connectivity index (χ1n) is 6.96. The minimum absolute atomic E-state index is 0.0979. The Morgan fingerprint density at radius 3 is 2.80 bits per heavy atom. The second kappa shape index (κ2) is 5.56. The highest BCUT2D eigenvalue weighted by atomic mass is 32.2. The van der Waals surface area contributed by atoms with Gasteiger partial charge in [0.15, 0.2) is 11.5 Å². The van der Waals surface area contributed by atoms with Crippen LogP contribution in [0.25, 0.3) is 0 Å². The molecule has 0 bridgehead atoms. The van der Waals surface area contributed by atoms with Crippen molar-refractivity contribution in [3.8, 4) is 11.5 Å². The highest BCUT2D eigenvalue weighted by Gasteiger charge is 2.33. The van der Waals surface area contributed by atoms with Crippen LogP contribution in [0, 0.1) is 5.92 Å². The van der Waals surface area contributed by atoms with Crippen molar-refractivity contribution < 1.29 is 14.3 Å². The van der Waals surface area contributed by atoms with E-state index in [1.54, 1.807) is 11.8 Å². The molecule has 0 N–H and O–H groups in total. The predicted molar refractivity (Wildman–Crippen MR) is 79.2 cm³/mol. The minimum atomic E-state index is 0.0979. The second-order valence-electron chi connectivity index (χ2n) is 5.51. The van der Waals surface area contributed by atoms with E-state index in [2.05, 4.69) is 13.8 Å². The molecule has 0 spiro atoms. The fourth-order valence-electron chi connectivity index (χ4n) is 2.53. The van der Waals surface area contributed by atoms with E-state index in [1.807, 2.05) is 23.1 Å². The third kappa shape index (κ3) is 2.59. The molecule has 1 saturated heterocycles. The second-order valence-corrected chi connectivity index (χ2v) is 6.57. The van der Waals surface area contributed by atoms with Crippen LogP contribution >= 0.6 is 11.8 Å². The van der Waals surface area contributed by atoms with E-state index in [4.69, 9.17) is 9.47 Å². The van der Waals surface area contributed by atoms with Gasteiger partial charge < -0.3 is 14.4 Å². The van der Waals surface area contributed by atoms with Crippen molar-refractivity contribution in [2.75, 3.05) is 25.5 Å². The van der Waals surface area contributed by atoms with Crippen molar-refractivity contribution in [3.63, 3.8) is 0 Å². The van der Waals surface area contributed by atoms with E-state index >= 15 is 0 Å². The molecule has 1 atom stereocenters. The summed E-state index contributed by atoms with van der Waals surface area (Å²) < 4.78 is 11.2. The first-order chi connectivity index (χ1) is 9.65. The summed E-state index contributed by atoms with van der Waals surface area (Å²) in [5.41, 5.74) is 1.12. The summed E-state index contributed by atoms with van der Waals surface area (Å²) >= 11 is 1.68. The van der Waals surface area contributed by atoms with Crippen molar-refractivity contribution in [2.45, 2.75) is 19.2 Å². The molecule has 20 heavy (non-hydrogen) atoms. The molecule has 0 aromatic heterocycles. The van der Waals surface area contributed by atoms with Crippen molar-refractivity contribution in [1.29, 1.82) is 0 Å². The van der Waals surface area contributed by atoms with Gasteiger partial charge in [-0.1, -0.05) is 19.9 Å². The Labute approximate surface area is 123 Å². The first kappa shape index (κ1) is 13.6. The van der Waals surface area contributed by atoms with E-state index in [0.717, 1.165) is 23.6 Å². The number of carbonyl (C=O) groups is 1. The average Bonchev–Trinajstić information content (AvgIpc) is 2.79. The van der Waals surface area contributed by atoms with Gasteiger partial charge in [0.2, 0.25) is 5.91 Å². The standard InChI is InChI=1S/C15H19NO3S/c1-10(2)8-16-14(17)9-20-15(16)11-3-4-12-13(7-11)19-6-5-18-12/h3-4,7,10,15H,5-6,8-9H2,1-2H3. The van der Waals surface area contributed by atoms with Crippen LogP contribution in [-0.2, 0) is 4.79 Å². The van der Waals surface area contributed by atoms with Crippen LogP contribution < -0.4 is 9.47 Å². The van der Waals surface area contributed by atoms with Crippen LogP contribution in [0.5, 0.6) is 11.5 Å². The highest BCUT2D eigenvalue weighted by molar-refractivity contribution is 8.00. The number of thioether (sulfide) groups is 1. The molecule has 3 rings (SSSR count). The molecule has 2 aliphatic heterocycles. The molecule has 1 aromatic rings. The van der Waals surface area contributed by atoms with Crippen LogP contribution in [0.15, 0.2) is 18.2 Å². The summed E-state index contributed by atoms with van der Waals surface area (Å²) in [6.07, 6.45) is 0. The third-order valence-corrected chi connectivity index (χ3v) is 4.64. The summed E-state index contributed by atoms with van der Waals surface area (Å²) in [4.78, 5) is 14.0. The molecule has 1 fully saturated rings. The number of hydrogen-bond donors (Lipinski definition) is 0. The predicted octanol–water partition coefficient (Wildman–Crippen LogP) is 2.69. The van der Waals surface area contributed by atoms with Crippen LogP contribution in [0.2, 0.25) is 0 Å². The van der Waals surface area contributed by atoms with E-state index in [1.165, 1.54) is 0 Å². The normalized spacial score (nSPS) is 21.6. The van der Waals surface area contributed by atoms with E-state index in [0.29, 0.717) is 24.9 Å². The SMILES string of the molecule is CC(C)CN1C(=O)CSC1c1ccc2c(c1)OCCO2. The summed E-state index contributed by atoms with van der Waals surface area (Å²) in [5.74, 6) is 2.84. The lowest BCUT2D eigenvalue weighted by molar-refractivity contribution is -0.128. The summed E-state index contributed by atoms with van der Waals surface area (Å²) in [6, 6.07) is 6.00. The van der Waals surface area contributed by atoms with Crippen LogP contribution in [0.4, 0.5) is 0 Å². The van der Waals surface area contributed by atoms with Crippen LogP contribution in [0.3, 0.4) is 0 Å². The molecule has 0 aliphatic carbocycles.